The molecular weight excluding hydrogens is 296 g/mol. The monoisotopic (exact) mass is 322 g/mol. The Morgan fingerprint density at radius 1 is 1.38 bits per heavy atom. The highest BCUT2D eigenvalue weighted by Gasteiger charge is 2.23. The van der Waals surface area contributed by atoms with Gasteiger partial charge in [-0.15, -0.1) is 11.8 Å². The molecule has 4 heteroatoms. The smallest absolute Gasteiger partial charge is 0.107 e. The first-order valence-electron chi connectivity index (χ1n) is 7.90. The fourth-order valence-corrected chi connectivity index (χ4v) is 4.29. The molecule has 1 atom stereocenters. The van der Waals surface area contributed by atoms with E-state index in [4.69, 9.17) is 18.0 Å². The molecule has 2 nitrogen and oxygen atoms in total. The van der Waals surface area contributed by atoms with Gasteiger partial charge in [-0.1, -0.05) is 44.5 Å². The zero-order valence-corrected chi connectivity index (χ0v) is 14.7. The summed E-state index contributed by atoms with van der Waals surface area (Å²) in [6, 6.07) is 6.81. The molecule has 1 fully saturated rings. The second kappa shape index (κ2) is 8.04. The van der Waals surface area contributed by atoms with Gasteiger partial charge < -0.3 is 11.1 Å². The first kappa shape index (κ1) is 16.6. The van der Waals surface area contributed by atoms with Crippen molar-refractivity contribution in [1.82, 2.24) is 0 Å². The van der Waals surface area contributed by atoms with Gasteiger partial charge in [0.2, 0.25) is 0 Å². The minimum absolute atomic E-state index is 0.487. The topological polar surface area (TPSA) is 38.0 Å². The molecule has 1 aliphatic rings. The minimum Gasteiger partial charge on any atom is -0.389 e. The van der Waals surface area contributed by atoms with Gasteiger partial charge in [0.1, 0.15) is 4.99 Å². The molecule has 0 spiro atoms. The third-order valence-electron chi connectivity index (χ3n) is 4.49. The van der Waals surface area contributed by atoms with E-state index in [1.807, 2.05) is 0 Å². The number of hydrogen-bond acceptors (Lipinski definition) is 3. The van der Waals surface area contributed by atoms with Gasteiger partial charge in [-0.05, 0) is 43.6 Å². The predicted octanol–water partition coefficient (Wildman–Crippen LogP) is 4.81. The van der Waals surface area contributed by atoms with Crippen molar-refractivity contribution < 1.29 is 0 Å². The third-order valence-corrected chi connectivity index (χ3v) is 5.48. The van der Waals surface area contributed by atoms with E-state index in [0.717, 1.165) is 28.5 Å². The molecule has 1 aromatic carbocycles. The SMILES string of the molecule is CCC(Nc1cccc(SC)c1C(N)=S)C1CCCCC1. The number of nitrogens with one attached hydrogen (secondary N) is 1. The van der Waals surface area contributed by atoms with Crippen LogP contribution in [0, 0.1) is 5.92 Å². The number of benzene rings is 1. The molecule has 1 unspecified atom stereocenters. The van der Waals surface area contributed by atoms with Crippen LogP contribution in [0.3, 0.4) is 0 Å². The highest BCUT2D eigenvalue weighted by molar-refractivity contribution is 7.98. The molecule has 116 valence electrons. The van der Waals surface area contributed by atoms with E-state index in [1.54, 1.807) is 11.8 Å². The molecule has 0 aliphatic heterocycles. The lowest BCUT2D eigenvalue weighted by atomic mass is 9.82. The van der Waals surface area contributed by atoms with Gasteiger partial charge in [0.25, 0.3) is 0 Å². The van der Waals surface area contributed by atoms with E-state index in [9.17, 15) is 0 Å². The Morgan fingerprint density at radius 2 is 2.10 bits per heavy atom. The van der Waals surface area contributed by atoms with Crippen molar-refractivity contribution in [2.24, 2.45) is 11.7 Å². The van der Waals surface area contributed by atoms with Gasteiger partial charge in [-0.25, -0.2) is 0 Å². The Hall–Kier alpha value is -0.740. The first-order valence-corrected chi connectivity index (χ1v) is 9.54. The summed E-state index contributed by atoms with van der Waals surface area (Å²) in [6.45, 7) is 2.27. The molecule has 2 rings (SSSR count). The molecule has 3 N–H and O–H groups in total. The average molecular weight is 323 g/mol. The molecule has 0 aromatic heterocycles. The Balaban J connectivity index is 2.22. The second-order valence-corrected chi connectivity index (χ2v) is 7.09. The molecule has 0 radical (unpaired) electrons. The normalized spacial score (nSPS) is 17.4. The van der Waals surface area contributed by atoms with Crippen molar-refractivity contribution in [2.45, 2.75) is 56.4 Å². The van der Waals surface area contributed by atoms with E-state index in [1.165, 1.54) is 32.1 Å². The summed E-state index contributed by atoms with van der Waals surface area (Å²) in [6.07, 6.45) is 10.0. The van der Waals surface area contributed by atoms with Gasteiger partial charge in [-0.3, -0.25) is 0 Å². The molecular formula is C17H26N2S2. The number of anilines is 1. The zero-order valence-electron chi connectivity index (χ0n) is 13.0. The summed E-state index contributed by atoms with van der Waals surface area (Å²) in [5.74, 6) is 0.779. The quantitative estimate of drug-likeness (QED) is 0.582. The lowest BCUT2D eigenvalue weighted by molar-refractivity contribution is 0.313. The lowest BCUT2D eigenvalue weighted by Crippen LogP contribution is -2.31. The maximum absolute atomic E-state index is 5.96. The van der Waals surface area contributed by atoms with Gasteiger partial charge in [0.15, 0.2) is 0 Å². The highest BCUT2D eigenvalue weighted by atomic mass is 32.2. The average Bonchev–Trinajstić information content (AvgIpc) is 2.52. The van der Waals surface area contributed by atoms with Crippen molar-refractivity contribution in [3.05, 3.63) is 23.8 Å². The number of rotatable bonds is 6. The van der Waals surface area contributed by atoms with E-state index in [-0.39, 0.29) is 0 Å². The van der Waals surface area contributed by atoms with Crippen molar-refractivity contribution in [2.75, 3.05) is 11.6 Å². The van der Waals surface area contributed by atoms with Gasteiger partial charge in [0.05, 0.1) is 0 Å². The number of thiocarbonyl (C=S) groups is 1. The van der Waals surface area contributed by atoms with Gasteiger partial charge >= 0.3 is 0 Å². The van der Waals surface area contributed by atoms with Crippen LogP contribution in [0.25, 0.3) is 0 Å². The summed E-state index contributed by atoms with van der Waals surface area (Å²) in [7, 11) is 0. The molecule has 21 heavy (non-hydrogen) atoms. The van der Waals surface area contributed by atoms with Crippen molar-refractivity contribution in [3.8, 4) is 0 Å². The highest BCUT2D eigenvalue weighted by Crippen LogP contribution is 2.32. The number of nitrogens with two attached hydrogens (primary N) is 1. The van der Waals surface area contributed by atoms with Crippen LogP contribution < -0.4 is 11.1 Å². The van der Waals surface area contributed by atoms with Crippen LogP contribution in [0.4, 0.5) is 5.69 Å². The Kier molecular flexibility index (Phi) is 6.37. The molecule has 0 heterocycles. The minimum atomic E-state index is 0.487. The molecule has 1 aliphatic carbocycles. The standard InChI is InChI=1S/C17H26N2S2/c1-3-13(12-8-5-4-6-9-12)19-14-10-7-11-15(21-2)16(14)17(18)20/h7,10-13,19H,3-6,8-9H2,1-2H3,(H2,18,20). The van der Waals surface area contributed by atoms with Crippen molar-refractivity contribution in [1.29, 1.82) is 0 Å². The maximum Gasteiger partial charge on any atom is 0.107 e. The van der Waals surface area contributed by atoms with Crippen molar-refractivity contribution in [3.63, 3.8) is 0 Å². The number of thioether (sulfide) groups is 1. The van der Waals surface area contributed by atoms with E-state index >= 15 is 0 Å². The van der Waals surface area contributed by atoms with Crippen LogP contribution in [0.15, 0.2) is 23.1 Å². The fraction of sp³-hybridized carbons (Fsp3) is 0.588. The van der Waals surface area contributed by atoms with Gasteiger partial charge in [0, 0.05) is 22.2 Å². The Morgan fingerprint density at radius 3 is 2.67 bits per heavy atom. The summed E-state index contributed by atoms with van der Waals surface area (Å²) in [5, 5.41) is 3.74. The molecule has 0 amide bonds. The second-order valence-electron chi connectivity index (χ2n) is 5.80. The predicted molar refractivity (Wildman–Crippen MR) is 98.4 cm³/mol. The van der Waals surface area contributed by atoms with E-state index < -0.39 is 0 Å². The van der Waals surface area contributed by atoms with Crippen molar-refractivity contribution >= 4 is 34.7 Å². The van der Waals surface area contributed by atoms with E-state index in [0.29, 0.717) is 11.0 Å². The zero-order chi connectivity index (χ0) is 15.2. The molecule has 1 aromatic rings. The van der Waals surface area contributed by atoms with Crippen LogP contribution in [-0.2, 0) is 0 Å². The summed E-state index contributed by atoms with van der Waals surface area (Å²) >= 11 is 6.97. The van der Waals surface area contributed by atoms with Crippen LogP contribution in [0.1, 0.15) is 51.0 Å². The molecule has 0 saturated heterocycles. The number of hydrogen-bond donors (Lipinski definition) is 2. The largest absolute Gasteiger partial charge is 0.389 e. The van der Waals surface area contributed by atoms with Crippen LogP contribution >= 0.6 is 24.0 Å². The van der Waals surface area contributed by atoms with Crippen LogP contribution in [0.5, 0.6) is 0 Å². The Labute approximate surface area is 138 Å². The van der Waals surface area contributed by atoms with Crippen LogP contribution in [-0.4, -0.2) is 17.3 Å². The molecule has 1 saturated carbocycles. The van der Waals surface area contributed by atoms with Gasteiger partial charge in [-0.2, -0.15) is 0 Å². The third kappa shape index (κ3) is 4.13. The summed E-state index contributed by atoms with van der Waals surface area (Å²) < 4.78 is 0. The molecule has 0 bridgehead atoms. The summed E-state index contributed by atoms with van der Waals surface area (Å²) in [5.41, 5.74) is 8.08. The Bertz CT molecular complexity index is 482. The maximum atomic E-state index is 5.96. The summed E-state index contributed by atoms with van der Waals surface area (Å²) in [4.78, 5) is 1.65. The lowest BCUT2D eigenvalue weighted by Gasteiger charge is -2.31. The van der Waals surface area contributed by atoms with Crippen LogP contribution in [0.2, 0.25) is 0 Å². The fourth-order valence-electron chi connectivity index (χ4n) is 3.37. The van der Waals surface area contributed by atoms with E-state index in [2.05, 4.69) is 36.7 Å². The first-order chi connectivity index (χ1) is 10.2.